The lowest BCUT2D eigenvalue weighted by molar-refractivity contribution is -0.162. The Labute approximate surface area is 124 Å². The number of rotatable bonds is 0. The second-order valence-electron chi connectivity index (χ2n) is 6.73. The molecule has 1 aromatic rings. The average Bonchev–Trinajstić information content (AvgIpc) is 2.80. The van der Waals surface area contributed by atoms with Crippen LogP contribution in [0.1, 0.15) is 37.3 Å². The van der Waals surface area contributed by atoms with E-state index in [1.807, 2.05) is 32.0 Å². The van der Waals surface area contributed by atoms with Gasteiger partial charge in [0.2, 0.25) is 0 Å². The topological polar surface area (TPSA) is 58.6 Å². The number of hydrogen-bond donors (Lipinski definition) is 2. The summed E-state index contributed by atoms with van der Waals surface area (Å²) in [5.41, 5.74) is 0.644. The van der Waals surface area contributed by atoms with E-state index in [4.69, 9.17) is 4.74 Å². The SMILES string of the molecule is Cc1cccc2c1[C@]13CCNC(C)C1(O)CCC(=O)[C@@H]3O2. The van der Waals surface area contributed by atoms with Crippen molar-refractivity contribution >= 4 is 5.78 Å². The van der Waals surface area contributed by atoms with E-state index in [2.05, 4.69) is 5.32 Å². The zero-order chi connectivity index (χ0) is 14.8. The van der Waals surface area contributed by atoms with E-state index >= 15 is 0 Å². The summed E-state index contributed by atoms with van der Waals surface area (Å²) in [7, 11) is 0. The molecule has 1 saturated carbocycles. The van der Waals surface area contributed by atoms with Gasteiger partial charge in [0.25, 0.3) is 0 Å². The third-order valence-corrected chi connectivity index (χ3v) is 5.88. The Kier molecular flexibility index (Phi) is 2.58. The van der Waals surface area contributed by atoms with Gasteiger partial charge in [-0.25, -0.2) is 0 Å². The Hall–Kier alpha value is -1.39. The van der Waals surface area contributed by atoms with Crippen LogP contribution in [0.5, 0.6) is 5.75 Å². The highest BCUT2D eigenvalue weighted by Gasteiger charge is 2.68. The molecule has 1 aliphatic carbocycles. The summed E-state index contributed by atoms with van der Waals surface area (Å²) in [6.45, 7) is 4.86. The minimum Gasteiger partial charge on any atom is -0.481 e. The molecule has 112 valence electrons. The molecule has 3 aliphatic rings. The third-order valence-electron chi connectivity index (χ3n) is 5.88. The fraction of sp³-hybridized carbons (Fsp3) is 0.588. The number of aliphatic hydroxyl groups is 1. The molecule has 4 atom stereocenters. The van der Waals surface area contributed by atoms with Crippen LogP contribution in [0.3, 0.4) is 0 Å². The molecule has 4 nitrogen and oxygen atoms in total. The Bertz CT molecular complexity index is 628. The van der Waals surface area contributed by atoms with E-state index in [0.717, 1.165) is 29.8 Å². The molecule has 4 heteroatoms. The largest absolute Gasteiger partial charge is 0.481 e. The number of Topliss-reactive ketones (excluding diaryl/α,β-unsaturated/α-hetero) is 1. The number of benzene rings is 1. The van der Waals surface area contributed by atoms with E-state index in [9.17, 15) is 9.90 Å². The number of ether oxygens (including phenoxy) is 1. The van der Waals surface area contributed by atoms with Gasteiger partial charge in [0.05, 0.1) is 11.0 Å². The molecule has 4 rings (SSSR count). The number of fused-ring (bicyclic) bond motifs is 1. The van der Waals surface area contributed by atoms with Crippen LogP contribution in [0.4, 0.5) is 0 Å². The molecule has 2 fully saturated rings. The van der Waals surface area contributed by atoms with Crippen molar-refractivity contribution in [3.05, 3.63) is 29.3 Å². The van der Waals surface area contributed by atoms with Crippen LogP contribution in [0, 0.1) is 6.92 Å². The highest BCUT2D eigenvalue weighted by Crippen LogP contribution is 2.58. The van der Waals surface area contributed by atoms with Gasteiger partial charge >= 0.3 is 0 Å². The first-order chi connectivity index (χ1) is 10.0. The van der Waals surface area contributed by atoms with Crippen LogP contribution < -0.4 is 10.1 Å². The normalized spacial score (nSPS) is 41.0. The standard InChI is InChI=1S/C17H21NO3/c1-10-4-3-5-13-14(10)16-8-9-18-11(2)17(16,20)7-6-12(19)15(16)21-13/h3-5,11,15,18,20H,6-9H2,1-2H3/t11?,15-,16-,17?/m0/s1. The maximum Gasteiger partial charge on any atom is 0.174 e. The van der Waals surface area contributed by atoms with Gasteiger partial charge in [-0.05, 0) is 44.9 Å². The number of nitrogens with one attached hydrogen (secondary N) is 1. The summed E-state index contributed by atoms with van der Waals surface area (Å²) in [6.07, 6.45) is 1.11. The maximum absolute atomic E-state index is 12.5. The maximum atomic E-state index is 12.5. The van der Waals surface area contributed by atoms with Gasteiger partial charge in [-0.15, -0.1) is 0 Å². The lowest BCUT2D eigenvalue weighted by atomic mass is 9.53. The third kappa shape index (κ3) is 1.40. The molecule has 2 N–H and O–H groups in total. The summed E-state index contributed by atoms with van der Waals surface area (Å²) in [5, 5.41) is 14.9. The van der Waals surface area contributed by atoms with Crippen molar-refractivity contribution in [2.45, 2.75) is 56.3 Å². The van der Waals surface area contributed by atoms with Gasteiger partial charge < -0.3 is 15.2 Å². The second kappa shape index (κ2) is 4.08. The Morgan fingerprint density at radius 3 is 3.00 bits per heavy atom. The molecule has 1 aromatic carbocycles. The van der Waals surface area contributed by atoms with E-state index in [1.54, 1.807) is 0 Å². The quantitative estimate of drug-likeness (QED) is 0.758. The smallest absolute Gasteiger partial charge is 0.174 e. The molecule has 2 unspecified atom stereocenters. The van der Waals surface area contributed by atoms with Crippen LogP contribution in [0.2, 0.25) is 0 Å². The summed E-state index contributed by atoms with van der Waals surface area (Å²) in [6, 6.07) is 5.88. The molecular weight excluding hydrogens is 266 g/mol. The van der Waals surface area contributed by atoms with Gasteiger partial charge in [0, 0.05) is 18.0 Å². The van der Waals surface area contributed by atoms with Crippen LogP contribution >= 0.6 is 0 Å². The van der Waals surface area contributed by atoms with E-state index in [0.29, 0.717) is 12.8 Å². The van der Waals surface area contributed by atoms with Crippen LogP contribution in [-0.4, -0.2) is 35.2 Å². The zero-order valence-corrected chi connectivity index (χ0v) is 12.5. The summed E-state index contributed by atoms with van der Waals surface area (Å²) in [5.74, 6) is 0.909. The molecule has 0 amide bonds. The predicted molar refractivity (Wildman–Crippen MR) is 78.5 cm³/mol. The first kappa shape index (κ1) is 13.3. The molecule has 0 aromatic heterocycles. The molecule has 0 radical (unpaired) electrons. The number of aryl methyl sites for hydroxylation is 1. The lowest BCUT2D eigenvalue weighted by Crippen LogP contribution is -2.73. The van der Waals surface area contributed by atoms with Gasteiger partial charge in [0.1, 0.15) is 5.75 Å². The number of ketones is 1. The van der Waals surface area contributed by atoms with Crippen LogP contribution in [0.15, 0.2) is 18.2 Å². The number of piperidine rings is 1. The molecule has 0 bridgehead atoms. The highest BCUT2D eigenvalue weighted by molar-refractivity contribution is 5.89. The van der Waals surface area contributed by atoms with Gasteiger partial charge in [-0.3, -0.25) is 4.79 Å². The van der Waals surface area contributed by atoms with Crippen molar-refractivity contribution in [1.82, 2.24) is 5.32 Å². The first-order valence-electron chi connectivity index (χ1n) is 7.76. The Morgan fingerprint density at radius 1 is 1.38 bits per heavy atom. The van der Waals surface area contributed by atoms with Crippen molar-refractivity contribution in [3.8, 4) is 5.75 Å². The van der Waals surface area contributed by atoms with Crippen molar-refractivity contribution in [2.24, 2.45) is 0 Å². The second-order valence-corrected chi connectivity index (χ2v) is 6.73. The summed E-state index contributed by atoms with van der Waals surface area (Å²) < 4.78 is 6.04. The first-order valence-corrected chi connectivity index (χ1v) is 7.76. The fourth-order valence-electron chi connectivity index (χ4n) is 4.85. The fourth-order valence-corrected chi connectivity index (χ4v) is 4.85. The van der Waals surface area contributed by atoms with Crippen molar-refractivity contribution in [2.75, 3.05) is 6.54 Å². The molecule has 1 spiro atoms. The Morgan fingerprint density at radius 2 is 2.19 bits per heavy atom. The zero-order valence-electron chi connectivity index (χ0n) is 12.5. The highest BCUT2D eigenvalue weighted by atomic mass is 16.5. The van der Waals surface area contributed by atoms with E-state index < -0.39 is 17.1 Å². The number of carbonyl (C=O) groups is 1. The summed E-state index contributed by atoms with van der Waals surface area (Å²) in [4.78, 5) is 12.5. The van der Waals surface area contributed by atoms with Gasteiger partial charge in [-0.2, -0.15) is 0 Å². The minimum atomic E-state index is -0.929. The monoisotopic (exact) mass is 287 g/mol. The van der Waals surface area contributed by atoms with Crippen molar-refractivity contribution < 1.29 is 14.6 Å². The van der Waals surface area contributed by atoms with Crippen LogP contribution in [0.25, 0.3) is 0 Å². The van der Waals surface area contributed by atoms with Gasteiger partial charge in [-0.1, -0.05) is 12.1 Å². The Balaban J connectivity index is 2.01. The average molecular weight is 287 g/mol. The van der Waals surface area contributed by atoms with Gasteiger partial charge in [0.15, 0.2) is 11.9 Å². The van der Waals surface area contributed by atoms with Crippen molar-refractivity contribution in [1.29, 1.82) is 0 Å². The molecule has 1 saturated heterocycles. The molecule has 2 heterocycles. The predicted octanol–water partition coefficient (Wildman–Crippen LogP) is 1.47. The molecule has 21 heavy (non-hydrogen) atoms. The van der Waals surface area contributed by atoms with Crippen molar-refractivity contribution in [3.63, 3.8) is 0 Å². The van der Waals surface area contributed by atoms with E-state index in [1.165, 1.54) is 0 Å². The minimum absolute atomic E-state index is 0.0454. The number of carbonyl (C=O) groups excluding carboxylic acids is 1. The lowest BCUT2D eigenvalue weighted by Gasteiger charge is -2.56. The molecule has 2 aliphatic heterocycles. The molecular formula is C17H21NO3. The van der Waals surface area contributed by atoms with E-state index in [-0.39, 0.29) is 11.8 Å². The van der Waals surface area contributed by atoms with Crippen LogP contribution in [-0.2, 0) is 10.2 Å². The summed E-state index contributed by atoms with van der Waals surface area (Å²) >= 11 is 0. The number of hydrogen-bond acceptors (Lipinski definition) is 4.